The van der Waals surface area contributed by atoms with E-state index < -0.39 is 4.92 Å². The van der Waals surface area contributed by atoms with Crippen molar-refractivity contribution in [2.45, 2.75) is 32.7 Å². The molecule has 4 N–H and O–H groups in total. The fraction of sp³-hybridized carbons (Fsp3) is 0.583. The molecule has 2 rings (SSSR count). The van der Waals surface area contributed by atoms with Crippen LogP contribution in [0.5, 0.6) is 0 Å². The molecule has 1 aromatic heterocycles. The van der Waals surface area contributed by atoms with E-state index >= 15 is 0 Å². The minimum Gasteiger partial charge on any atom is -0.361 e. The van der Waals surface area contributed by atoms with Crippen LogP contribution in [0.2, 0.25) is 0 Å². The van der Waals surface area contributed by atoms with Gasteiger partial charge in [0.1, 0.15) is 5.82 Å². The number of rotatable bonds is 4. The van der Waals surface area contributed by atoms with E-state index in [1.54, 1.807) is 0 Å². The fourth-order valence-electron chi connectivity index (χ4n) is 2.53. The maximum atomic E-state index is 11.0. The first-order chi connectivity index (χ1) is 9.02. The van der Waals surface area contributed by atoms with Crippen molar-refractivity contribution >= 4 is 17.3 Å². The summed E-state index contributed by atoms with van der Waals surface area (Å²) in [5.74, 6) is 7.07. The molecule has 3 atom stereocenters. The highest BCUT2D eigenvalue weighted by Gasteiger charge is 2.31. The Morgan fingerprint density at radius 3 is 2.68 bits per heavy atom. The van der Waals surface area contributed by atoms with Gasteiger partial charge >= 0.3 is 5.69 Å². The van der Waals surface area contributed by atoms with Gasteiger partial charge < -0.3 is 10.7 Å². The summed E-state index contributed by atoms with van der Waals surface area (Å²) in [7, 11) is 0. The van der Waals surface area contributed by atoms with Crippen molar-refractivity contribution in [3.8, 4) is 0 Å². The first-order valence-corrected chi connectivity index (χ1v) is 6.41. The van der Waals surface area contributed by atoms with Crippen LogP contribution in [0.25, 0.3) is 0 Å². The van der Waals surface area contributed by atoms with Crippen molar-refractivity contribution in [3.63, 3.8) is 0 Å². The number of pyridine rings is 1. The minimum absolute atomic E-state index is 0.0225. The summed E-state index contributed by atoms with van der Waals surface area (Å²) in [6, 6.07) is 3.12. The Hall–Kier alpha value is -1.89. The Balaban J connectivity index is 2.25. The van der Waals surface area contributed by atoms with Crippen LogP contribution in [-0.2, 0) is 0 Å². The number of nitro groups is 1. The summed E-state index contributed by atoms with van der Waals surface area (Å²) in [4.78, 5) is 14.7. The van der Waals surface area contributed by atoms with Gasteiger partial charge in [0.05, 0.1) is 4.92 Å². The lowest BCUT2D eigenvalue weighted by molar-refractivity contribution is -0.384. The van der Waals surface area contributed by atoms with Gasteiger partial charge in [-0.15, -0.1) is 0 Å². The van der Waals surface area contributed by atoms with Gasteiger partial charge in [0, 0.05) is 12.1 Å². The van der Waals surface area contributed by atoms with Gasteiger partial charge in [-0.1, -0.05) is 13.8 Å². The second-order valence-electron chi connectivity index (χ2n) is 5.13. The highest BCUT2D eigenvalue weighted by molar-refractivity contribution is 5.60. The molecule has 1 aliphatic carbocycles. The van der Waals surface area contributed by atoms with Gasteiger partial charge in [-0.05, 0) is 30.7 Å². The van der Waals surface area contributed by atoms with E-state index in [0.717, 1.165) is 12.8 Å². The van der Waals surface area contributed by atoms with Gasteiger partial charge in [0.15, 0.2) is 0 Å². The van der Waals surface area contributed by atoms with E-state index in [4.69, 9.17) is 5.84 Å². The lowest BCUT2D eigenvalue weighted by atomic mass is 9.98. The van der Waals surface area contributed by atoms with Crippen molar-refractivity contribution in [1.82, 2.24) is 4.98 Å². The van der Waals surface area contributed by atoms with E-state index in [0.29, 0.717) is 17.7 Å². The molecule has 7 heteroatoms. The van der Waals surface area contributed by atoms with Crippen molar-refractivity contribution < 1.29 is 4.92 Å². The van der Waals surface area contributed by atoms with E-state index in [1.807, 2.05) is 0 Å². The Labute approximate surface area is 111 Å². The molecule has 1 heterocycles. The van der Waals surface area contributed by atoms with Crippen LogP contribution in [-0.4, -0.2) is 15.9 Å². The molecule has 1 fully saturated rings. The summed E-state index contributed by atoms with van der Waals surface area (Å²) in [6.45, 7) is 4.36. The number of nitrogen functional groups attached to an aromatic ring is 1. The standard InChI is InChI=1S/C12H19N5O2/c1-7-3-4-9(8(7)2)14-12-10(17(18)19)5-6-11(15-12)16-13/h5-9H,3-4,13H2,1-2H3,(H2,14,15,16). The molecule has 3 unspecified atom stereocenters. The molecule has 1 aromatic rings. The summed E-state index contributed by atoms with van der Waals surface area (Å²) in [5, 5.41) is 14.2. The van der Waals surface area contributed by atoms with E-state index in [2.05, 4.69) is 29.6 Å². The van der Waals surface area contributed by atoms with Crippen molar-refractivity contribution in [3.05, 3.63) is 22.2 Å². The molecule has 104 valence electrons. The van der Waals surface area contributed by atoms with Crippen LogP contribution in [0.1, 0.15) is 26.7 Å². The van der Waals surface area contributed by atoms with Crippen molar-refractivity contribution in [2.75, 3.05) is 10.7 Å². The summed E-state index contributed by atoms with van der Waals surface area (Å²) in [5.41, 5.74) is 2.38. The molecule has 7 nitrogen and oxygen atoms in total. The number of aromatic nitrogens is 1. The molecular formula is C12H19N5O2. The SMILES string of the molecule is CC1CCC(Nc2nc(NN)ccc2[N+](=O)[O-])C1C. The fourth-order valence-corrected chi connectivity index (χ4v) is 2.53. The Morgan fingerprint density at radius 1 is 1.42 bits per heavy atom. The number of hydrogen-bond acceptors (Lipinski definition) is 6. The zero-order valence-corrected chi connectivity index (χ0v) is 11.1. The number of nitrogens with one attached hydrogen (secondary N) is 2. The topological polar surface area (TPSA) is 106 Å². The maximum absolute atomic E-state index is 11.0. The molecule has 1 saturated carbocycles. The molecule has 0 saturated heterocycles. The third-order valence-electron chi connectivity index (χ3n) is 4.01. The van der Waals surface area contributed by atoms with Crippen molar-refractivity contribution in [2.24, 2.45) is 17.7 Å². The third-order valence-corrected chi connectivity index (χ3v) is 4.01. The lowest BCUT2D eigenvalue weighted by Gasteiger charge is -2.20. The largest absolute Gasteiger partial charge is 0.361 e. The molecule has 0 bridgehead atoms. The molecule has 0 radical (unpaired) electrons. The molecule has 19 heavy (non-hydrogen) atoms. The summed E-state index contributed by atoms with van der Waals surface area (Å²) < 4.78 is 0. The normalized spacial score (nSPS) is 26.2. The lowest BCUT2D eigenvalue weighted by Crippen LogP contribution is -2.25. The van der Waals surface area contributed by atoms with Gasteiger partial charge in [-0.2, -0.15) is 0 Å². The smallest absolute Gasteiger partial charge is 0.311 e. The van der Waals surface area contributed by atoms with E-state index in [1.165, 1.54) is 12.1 Å². The first-order valence-electron chi connectivity index (χ1n) is 6.41. The van der Waals surface area contributed by atoms with Crippen LogP contribution in [0, 0.1) is 22.0 Å². The van der Waals surface area contributed by atoms with Gasteiger partial charge in [0.2, 0.25) is 5.82 Å². The molecule has 0 aromatic carbocycles. The quantitative estimate of drug-likeness (QED) is 0.437. The average Bonchev–Trinajstić information content (AvgIpc) is 2.70. The van der Waals surface area contributed by atoms with Crippen LogP contribution < -0.4 is 16.6 Å². The number of anilines is 2. The number of hydrazine groups is 1. The average molecular weight is 265 g/mol. The van der Waals surface area contributed by atoms with Gasteiger partial charge in [-0.3, -0.25) is 10.1 Å². The molecule has 0 amide bonds. The van der Waals surface area contributed by atoms with Crippen LogP contribution >= 0.6 is 0 Å². The summed E-state index contributed by atoms with van der Waals surface area (Å²) in [6.07, 6.45) is 2.13. The van der Waals surface area contributed by atoms with Gasteiger partial charge in [0.25, 0.3) is 0 Å². The number of nitrogens with two attached hydrogens (primary N) is 1. The molecule has 0 aliphatic heterocycles. The third kappa shape index (κ3) is 2.76. The Bertz CT molecular complexity index is 479. The predicted molar refractivity (Wildman–Crippen MR) is 73.7 cm³/mol. The first kappa shape index (κ1) is 13.5. The number of nitrogens with zero attached hydrogens (tertiary/aromatic N) is 2. The Morgan fingerprint density at radius 2 is 2.16 bits per heavy atom. The molecular weight excluding hydrogens is 246 g/mol. The maximum Gasteiger partial charge on any atom is 0.311 e. The summed E-state index contributed by atoms with van der Waals surface area (Å²) >= 11 is 0. The molecule has 1 aliphatic rings. The molecule has 0 spiro atoms. The number of hydrogen-bond donors (Lipinski definition) is 3. The second kappa shape index (κ2) is 5.40. The van der Waals surface area contributed by atoms with Crippen LogP contribution in [0.15, 0.2) is 12.1 Å². The van der Waals surface area contributed by atoms with Crippen LogP contribution in [0.3, 0.4) is 0 Å². The second-order valence-corrected chi connectivity index (χ2v) is 5.13. The highest BCUT2D eigenvalue weighted by Crippen LogP contribution is 2.35. The zero-order chi connectivity index (χ0) is 14.0. The zero-order valence-electron chi connectivity index (χ0n) is 11.1. The minimum atomic E-state index is -0.432. The van der Waals surface area contributed by atoms with Gasteiger partial charge in [-0.25, -0.2) is 10.8 Å². The van der Waals surface area contributed by atoms with E-state index in [-0.39, 0.29) is 17.5 Å². The predicted octanol–water partition coefficient (Wildman–Crippen LogP) is 2.12. The van der Waals surface area contributed by atoms with E-state index in [9.17, 15) is 10.1 Å². The Kier molecular flexibility index (Phi) is 3.84. The van der Waals surface area contributed by atoms with Crippen molar-refractivity contribution in [1.29, 1.82) is 0 Å². The monoisotopic (exact) mass is 265 g/mol. The highest BCUT2D eigenvalue weighted by atomic mass is 16.6. The van der Waals surface area contributed by atoms with Crippen LogP contribution in [0.4, 0.5) is 17.3 Å².